The molecule has 0 spiro atoms. The van der Waals surface area contributed by atoms with E-state index in [2.05, 4.69) is 45.0 Å². The molecule has 19 heavy (non-hydrogen) atoms. The largest absolute Gasteiger partial charge is 0.326 e. The Morgan fingerprint density at radius 2 is 1.74 bits per heavy atom. The van der Waals surface area contributed by atoms with Gasteiger partial charge in [0.15, 0.2) is 0 Å². The molecule has 0 heterocycles. The van der Waals surface area contributed by atoms with Gasteiger partial charge in [-0.15, -0.1) is 0 Å². The van der Waals surface area contributed by atoms with E-state index in [1.54, 1.807) is 0 Å². The van der Waals surface area contributed by atoms with Crippen molar-refractivity contribution >= 4 is 0 Å². The summed E-state index contributed by atoms with van der Waals surface area (Å²) in [6, 6.07) is 12.4. The van der Waals surface area contributed by atoms with E-state index in [-0.39, 0.29) is 6.04 Å². The van der Waals surface area contributed by atoms with Gasteiger partial charge >= 0.3 is 0 Å². The molecule has 2 aromatic carbocycles. The number of hydrogen-bond donors (Lipinski definition) is 2. The zero-order chi connectivity index (χ0) is 14.0. The third-order valence-corrected chi connectivity index (χ3v) is 3.98. The maximum atomic E-state index is 6.42. The summed E-state index contributed by atoms with van der Waals surface area (Å²) in [6.07, 6.45) is 0. The molecule has 1 unspecified atom stereocenters. The van der Waals surface area contributed by atoms with Gasteiger partial charge in [-0.1, -0.05) is 36.4 Å². The third-order valence-electron chi connectivity index (χ3n) is 3.98. The van der Waals surface area contributed by atoms with Crippen LogP contribution in [0.4, 0.5) is 0 Å². The summed E-state index contributed by atoms with van der Waals surface area (Å²) in [4.78, 5) is 0. The normalized spacial score (nSPS) is 12.5. The maximum Gasteiger partial charge on any atom is 0.0554 e. The molecule has 1 atom stereocenters. The Kier molecular flexibility index (Phi) is 4.03. The Morgan fingerprint density at radius 3 is 2.42 bits per heavy atom. The first-order valence-electron chi connectivity index (χ1n) is 6.65. The van der Waals surface area contributed by atoms with Gasteiger partial charge in [0, 0.05) is 6.54 Å². The minimum absolute atomic E-state index is 0.0919. The fourth-order valence-electron chi connectivity index (χ4n) is 2.41. The van der Waals surface area contributed by atoms with Crippen LogP contribution in [0.15, 0.2) is 36.4 Å². The first-order chi connectivity index (χ1) is 9.04. The van der Waals surface area contributed by atoms with Crippen molar-refractivity contribution in [3.8, 4) is 0 Å². The summed E-state index contributed by atoms with van der Waals surface area (Å²) in [5.74, 6) is 0. The molecule has 0 aliphatic heterocycles. The van der Waals surface area contributed by atoms with Gasteiger partial charge in [-0.3, -0.25) is 0 Å². The van der Waals surface area contributed by atoms with E-state index < -0.39 is 0 Å². The average Bonchev–Trinajstić information content (AvgIpc) is 2.44. The Balaban J connectivity index is 2.44. The van der Waals surface area contributed by atoms with E-state index in [9.17, 15) is 0 Å². The smallest absolute Gasteiger partial charge is 0.0554 e. The monoisotopic (exact) mass is 254 g/mol. The third kappa shape index (κ3) is 2.70. The maximum absolute atomic E-state index is 6.42. The Bertz CT molecular complexity index is 588. The molecular weight excluding hydrogens is 232 g/mol. The number of aryl methyl sites for hydroxylation is 1. The highest BCUT2D eigenvalue weighted by molar-refractivity contribution is 5.44. The molecule has 0 aliphatic carbocycles. The molecule has 2 nitrogen and oxygen atoms in total. The van der Waals surface area contributed by atoms with Gasteiger partial charge in [0.25, 0.3) is 0 Å². The average molecular weight is 254 g/mol. The molecule has 100 valence electrons. The molecular formula is C17H22N2. The molecule has 0 amide bonds. The van der Waals surface area contributed by atoms with Crippen molar-refractivity contribution in [1.82, 2.24) is 0 Å². The SMILES string of the molecule is Cc1ccc(C(N)c2cccc(CN)c2)c(C)c1C. The van der Waals surface area contributed by atoms with E-state index in [1.807, 2.05) is 12.1 Å². The van der Waals surface area contributed by atoms with Crippen molar-refractivity contribution in [3.63, 3.8) is 0 Å². The molecule has 0 saturated heterocycles. The zero-order valence-electron chi connectivity index (χ0n) is 11.9. The van der Waals surface area contributed by atoms with Gasteiger partial charge in [-0.2, -0.15) is 0 Å². The van der Waals surface area contributed by atoms with E-state index in [0.29, 0.717) is 6.54 Å². The summed E-state index contributed by atoms with van der Waals surface area (Å²) in [7, 11) is 0. The van der Waals surface area contributed by atoms with Crippen LogP contribution in [0.2, 0.25) is 0 Å². The van der Waals surface area contributed by atoms with Crippen molar-refractivity contribution in [2.24, 2.45) is 11.5 Å². The molecule has 0 aliphatic rings. The number of benzene rings is 2. The fraction of sp³-hybridized carbons (Fsp3) is 0.294. The Morgan fingerprint density at radius 1 is 1.00 bits per heavy atom. The molecule has 0 fully saturated rings. The van der Waals surface area contributed by atoms with E-state index >= 15 is 0 Å². The van der Waals surface area contributed by atoms with Crippen LogP contribution in [0.3, 0.4) is 0 Å². The summed E-state index contributed by atoms with van der Waals surface area (Å²) >= 11 is 0. The van der Waals surface area contributed by atoms with Crippen molar-refractivity contribution in [1.29, 1.82) is 0 Å². The number of rotatable bonds is 3. The first kappa shape index (κ1) is 13.8. The summed E-state index contributed by atoms with van der Waals surface area (Å²) in [5.41, 5.74) is 19.5. The van der Waals surface area contributed by atoms with Crippen molar-refractivity contribution in [3.05, 3.63) is 69.8 Å². The van der Waals surface area contributed by atoms with Crippen LogP contribution >= 0.6 is 0 Å². The fourth-order valence-corrected chi connectivity index (χ4v) is 2.41. The molecule has 2 aromatic rings. The molecule has 0 bridgehead atoms. The predicted molar refractivity (Wildman–Crippen MR) is 81.0 cm³/mol. The molecule has 0 saturated carbocycles. The van der Waals surface area contributed by atoms with E-state index in [1.165, 1.54) is 22.3 Å². The van der Waals surface area contributed by atoms with E-state index in [4.69, 9.17) is 11.5 Å². The first-order valence-corrected chi connectivity index (χ1v) is 6.65. The highest BCUT2D eigenvalue weighted by Gasteiger charge is 2.13. The van der Waals surface area contributed by atoms with Gasteiger partial charge in [-0.25, -0.2) is 0 Å². The molecule has 2 rings (SSSR count). The highest BCUT2D eigenvalue weighted by Crippen LogP contribution is 2.26. The molecule has 4 N–H and O–H groups in total. The second-order valence-corrected chi connectivity index (χ2v) is 5.15. The quantitative estimate of drug-likeness (QED) is 0.884. The van der Waals surface area contributed by atoms with Crippen LogP contribution in [0.25, 0.3) is 0 Å². The van der Waals surface area contributed by atoms with Crippen molar-refractivity contribution in [2.45, 2.75) is 33.4 Å². The zero-order valence-corrected chi connectivity index (χ0v) is 11.9. The van der Waals surface area contributed by atoms with Crippen LogP contribution in [0, 0.1) is 20.8 Å². The Hall–Kier alpha value is -1.64. The lowest BCUT2D eigenvalue weighted by Crippen LogP contribution is -2.14. The van der Waals surface area contributed by atoms with Gasteiger partial charge in [-0.05, 0) is 54.2 Å². The molecule has 0 radical (unpaired) electrons. The van der Waals surface area contributed by atoms with Gasteiger partial charge in [0.05, 0.1) is 6.04 Å². The minimum atomic E-state index is -0.0919. The van der Waals surface area contributed by atoms with Crippen LogP contribution in [-0.2, 0) is 6.54 Å². The number of hydrogen-bond acceptors (Lipinski definition) is 2. The minimum Gasteiger partial charge on any atom is -0.326 e. The van der Waals surface area contributed by atoms with Crippen LogP contribution in [0.5, 0.6) is 0 Å². The van der Waals surface area contributed by atoms with Crippen molar-refractivity contribution in [2.75, 3.05) is 0 Å². The molecule has 2 heteroatoms. The summed E-state index contributed by atoms with van der Waals surface area (Å²) in [6.45, 7) is 6.97. The summed E-state index contributed by atoms with van der Waals surface area (Å²) in [5, 5.41) is 0. The van der Waals surface area contributed by atoms with Crippen LogP contribution in [0.1, 0.15) is 39.4 Å². The topological polar surface area (TPSA) is 52.0 Å². The van der Waals surface area contributed by atoms with Crippen LogP contribution in [-0.4, -0.2) is 0 Å². The number of nitrogens with two attached hydrogens (primary N) is 2. The lowest BCUT2D eigenvalue weighted by Gasteiger charge is -2.18. The van der Waals surface area contributed by atoms with Crippen LogP contribution < -0.4 is 11.5 Å². The van der Waals surface area contributed by atoms with Crippen molar-refractivity contribution < 1.29 is 0 Å². The second-order valence-electron chi connectivity index (χ2n) is 5.15. The second kappa shape index (κ2) is 5.55. The van der Waals surface area contributed by atoms with Gasteiger partial charge in [0.2, 0.25) is 0 Å². The lowest BCUT2D eigenvalue weighted by molar-refractivity contribution is 0.853. The highest BCUT2D eigenvalue weighted by atomic mass is 14.6. The lowest BCUT2D eigenvalue weighted by atomic mass is 9.91. The molecule has 0 aromatic heterocycles. The van der Waals surface area contributed by atoms with Gasteiger partial charge in [0.1, 0.15) is 0 Å². The standard InChI is InChI=1S/C17H22N2/c1-11-7-8-16(13(3)12(11)2)17(19)15-6-4-5-14(9-15)10-18/h4-9,17H,10,18-19H2,1-3H3. The van der Waals surface area contributed by atoms with Gasteiger partial charge < -0.3 is 11.5 Å². The summed E-state index contributed by atoms with van der Waals surface area (Å²) < 4.78 is 0. The van der Waals surface area contributed by atoms with E-state index in [0.717, 1.165) is 11.1 Å². The Labute approximate surface area is 115 Å². The predicted octanol–water partition coefficient (Wildman–Crippen LogP) is 3.12.